The minimum atomic E-state index is -0.0476. The standard InChI is InChI=1S/C12H23NO/c1-6-8-13(9-7-2)10-11-14-12(3,4)5/h6-7H,1-2,8-11H2,3-5H3. The van der Waals surface area contributed by atoms with Crippen molar-refractivity contribution >= 4 is 0 Å². The highest BCUT2D eigenvalue weighted by Crippen LogP contribution is 2.06. The van der Waals surface area contributed by atoms with Crippen LogP contribution in [0, 0.1) is 0 Å². The van der Waals surface area contributed by atoms with Crippen LogP contribution in [0.4, 0.5) is 0 Å². The molecule has 0 heterocycles. The summed E-state index contributed by atoms with van der Waals surface area (Å²) in [5.74, 6) is 0. The Bertz CT molecular complexity index is 160. The first kappa shape index (κ1) is 13.4. The van der Waals surface area contributed by atoms with Crippen molar-refractivity contribution in [1.29, 1.82) is 0 Å². The van der Waals surface area contributed by atoms with E-state index in [4.69, 9.17) is 4.74 Å². The van der Waals surface area contributed by atoms with Crippen molar-refractivity contribution in [2.45, 2.75) is 26.4 Å². The van der Waals surface area contributed by atoms with E-state index in [0.717, 1.165) is 26.2 Å². The van der Waals surface area contributed by atoms with E-state index >= 15 is 0 Å². The van der Waals surface area contributed by atoms with E-state index in [1.54, 1.807) is 0 Å². The van der Waals surface area contributed by atoms with E-state index in [-0.39, 0.29) is 5.60 Å². The number of ether oxygens (including phenoxy) is 1. The zero-order chi connectivity index (χ0) is 11.0. The summed E-state index contributed by atoms with van der Waals surface area (Å²) in [6.45, 7) is 17.1. The van der Waals surface area contributed by atoms with Crippen molar-refractivity contribution in [3.63, 3.8) is 0 Å². The van der Waals surface area contributed by atoms with Crippen molar-refractivity contribution in [1.82, 2.24) is 4.90 Å². The molecule has 0 atom stereocenters. The summed E-state index contributed by atoms with van der Waals surface area (Å²) in [5, 5.41) is 0. The van der Waals surface area contributed by atoms with Crippen molar-refractivity contribution in [2.75, 3.05) is 26.2 Å². The van der Waals surface area contributed by atoms with Gasteiger partial charge in [0.25, 0.3) is 0 Å². The quantitative estimate of drug-likeness (QED) is 0.581. The fourth-order valence-electron chi connectivity index (χ4n) is 1.10. The summed E-state index contributed by atoms with van der Waals surface area (Å²) >= 11 is 0. The summed E-state index contributed by atoms with van der Waals surface area (Å²) in [6, 6.07) is 0. The Hall–Kier alpha value is -0.600. The molecule has 0 spiro atoms. The Kier molecular flexibility index (Phi) is 6.50. The highest BCUT2D eigenvalue weighted by molar-refractivity contribution is 4.79. The lowest BCUT2D eigenvalue weighted by Crippen LogP contribution is -2.31. The Labute approximate surface area is 88.2 Å². The van der Waals surface area contributed by atoms with Crippen LogP contribution in [0.2, 0.25) is 0 Å². The van der Waals surface area contributed by atoms with Crippen LogP contribution < -0.4 is 0 Å². The van der Waals surface area contributed by atoms with Crippen LogP contribution in [0.5, 0.6) is 0 Å². The third-order valence-electron chi connectivity index (χ3n) is 1.72. The Morgan fingerprint density at radius 1 is 1.14 bits per heavy atom. The largest absolute Gasteiger partial charge is 0.375 e. The molecule has 0 bridgehead atoms. The van der Waals surface area contributed by atoms with Gasteiger partial charge < -0.3 is 4.74 Å². The molecule has 14 heavy (non-hydrogen) atoms. The number of nitrogens with zero attached hydrogens (tertiary/aromatic N) is 1. The second-order valence-corrected chi connectivity index (χ2v) is 4.30. The molecule has 0 fully saturated rings. The van der Waals surface area contributed by atoms with Crippen molar-refractivity contribution < 1.29 is 4.74 Å². The van der Waals surface area contributed by atoms with E-state index in [9.17, 15) is 0 Å². The van der Waals surface area contributed by atoms with Gasteiger partial charge in [-0.3, -0.25) is 4.90 Å². The van der Waals surface area contributed by atoms with Gasteiger partial charge in [0.1, 0.15) is 0 Å². The van der Waals surface area contributed by atoms with Crippen LogP contribution in [0.1, 0.15) is 20.8 Å². The smallest absolute Gasteiger partial charge is 0.0600 e. The monoisotopic (exact) mass is 197 g/mol. The third kappa shape index (κ3) is 8.02. The molecule has 0 rings (SSSR count). The van der Waals surface area contributed by atoms with Crippen LogP contribution in [0.15, 0.2) is 25.3 Å². The summed E-state index contributed by atoms with van der Waals surface area (Å²) in [6.07, 6.45) is 3.81. The van der Waals surface area contributed by atoms with E-state index in [2.05, 4.69) is 38.8 Å². The maximum Gasteiger partial charge on any atom is 0.0600 e. The fourth-order valence-corrected chi connectivity index (χ4v) is 1.10. The highest BCUT2D eigenvalue weighted by atomic mass is 16.5. The molecule has 2 nitrogen and oxygen atoms in total. The number of hydrogen-bond donors (Lipinski definition) is 0. The summed E-state index contributed by atoms with van der Waals surface area (Å²) in [4.78, 5) is 2.24. The predicted octanol–water partition coefficient (Wildman–Crippen LogP) is 2.48. The lowest BCUT2D eigenvalue weighted by atomic mass is 10.2. The summed E-state index contributed by atoms with van der Waals surface area (Å²) in [5.41, 5.74) is -0.0476. The summed E-state index contributed by atoms with van der Waals surface area (Å²) in [7, 11) is 0. The first-order valence-corrected chi connectivity index (χ1v) is 5.07. The Balaban J connectivity index is 3.70. The van der Waals surface area contributed by atoms with Gasteiger partial charge >= 0.3 is 0 Å². The van der Waals surface area contributed by atoms with Crippen molar-refractivity contribution in [3.05, 3.63) is 25.3 Å². The highest BCUT2D eigenvalue weighted by Gasteiger charge is 2.10. The molecule has 2 heteroatoms. The minimum Gasteiger partial charge on any atom is -0.375 e. The molecule has 0 unspecified atom stereocenters. The molecule has 0 aromatic rings. The van der Waals surface area contributed by atoms with Gasteiger partial charge in [-0.05, 0) is 20.8 Å². The van der Waals surface area contributed by atoms with E-state index in [1.165, 1.54) is 0 Å². The van der Waals surface area contributed by atoms with Crippen molar-refractivity contribution in [3.8, 4) is 0 Å². The maximum atomic E-state index is 5.64. The molecule has 0 aliphatic carbocycles. The van der Waals surface area contributed by atoms with Gasteiger partial charge in [0.15, 0.2) is 0 Å². The average Bonchev–Trinajstić information content (AvgIpc) is 2.02. The fraction of sp³-hybridized carbons (Fsp3) is 0.667. The molecule has 82 valence electrons. The number of hydrogen-bond acceptors (Lipinski definition) is 2. The van der Waals surface area contributed by atoms with Crippen LogP contribution in [-0.2, 0) is 4.74 Å². The lowest BCUT2D eigenvalue weighted by molar-refractivity contribution is -0.0110. The molecule has 0 radical (unpaired) electrons. The average molecular weight is 197 g/mol. The van der Waals surface area contributed by atoms with Crippen LogP contribution in [0.3, 0.4) is 0 Å². The van der Waals surface area contributed by atoms with E-state index in [1.807, 2.05) is 12.2 Å². The predicted molar refractivity (Wildman–Crippen MR) is 62.5 cm³/mol. The molecule has 0 N–H and O–H groups in total. The first-order chi connectivity index (χ1) is 6.49. The summed E-state index contributed by atoms with van der Waals surface area (Å²) < 4.78 is 5.64. The second-order valence-electron chi connectivity index (χ2n) is 4.30. The SMILES string of the molecule is C=CCN(CC=C)CCOC(C)(C)C. The van der Waals surface area contributed by atoms with Gasteiger partial charge in [-0.25, -0.2) is 0 Å². The normalized spacial score (nSPS) is 11.7. The molecule has 0 saturated heterocycles. The zero-order valence-corrected chi connectivity index (χ0v) is 9.75. The Morgan fingerprint density at radius 2 is 1.64 bits per heavy atom. The molecule has 0 saturated carbocycles. The lowest BCUT2D eigenvalue weighted by Gasteiger charge is -2.23. The number of rotatable bonds is 7. The van der Waals surface area contributed by atoms with Gasteiger partial charge in [-0.1, -0.05) is 12.2 Å². The zero-order valence-electron chi connectivity index (χ0n) is 9.75. The van der Waals surface area contributed by atoms with Gasteiger partial charge in [-0.2, -0.15) is 0 Å². The van der Waals surface area contributed by atoms with E-state index < -0.39 is 0 Å². The molecular formula is C12H23NO. The molecule has 0 amide bonds. The van der Waals surface area contributed by atoms with Crippen LogP contribution in [-0.4, -0.2) is 36.7 Å². The van der Waals surface area contributed by atoms with Gasteiger partial charge in [0.05, 0.1) is 12.2 Å². The molecular weight excluding hydrogens is 174 g/mol. The maximum absolute atomic E-state index is 5.64. The molecule has 0 aliphatic rings. The molecule has 0 aliphatic heterocycles. The van der Waals surface area contributed by atoms with Crippen LogP contribution in [0.25, 0.3) is 0 Å². The molecule has 0 aromatic heterocycles. The van der Waals surface area contributed by atoms with Crippen LogP contribution >= 0.6 is 0 Å². The van der Waals surface area contributed by atoms with E-state index in [0.29, 0.717) is 0 Å². The van der Waals surface area contributed by atoms with Crippen molar-refractivity contribution in [2.24, 2.45) is 0 Å². The molecule has 0 aromatic carbocycles. The minimum absolute atomic E-state index is 0.0476. The van der Waals surface area contributed by atoms with Gasteiger partial charge in [-0.15, -0.1) is 13.2 Å². The topological polar surface area (TPSA) is 12.5 Å². The first-order valence-electron chi connectivity index (χ1n) is 5.07. The third-order valence-corrected chi connectivity index (χ3v) is 1.72. The second kappa shape index (κ2) is 6.80. The van der Waals surface area contributed by atoms with Gasteiger partial charge in [0.2, 0.25) is 0 Å². The Morgan fingerprint density at radius 3 is 2.00 bits per heavy atom. The van der Waals surface area contributed by atoms with Gasteiger partial charge in [0, 0.05) is 19.6 Å².